The average Bonchev–Trinajstić information content (AvgIpc) is 2.37. The maximum atomic E-state index is 13.9. The SMILES string of the molecule is O=Cc1cccc(-c2cccc(OC(F)(F)F)c2)c1F. The fraction of sp³-hybridized carbons (Fsp3) is 0.0714. The van der Waals surface area contributed by atoms with E-state index in [-0.39, 0.29) is 16.7 Å². The van der Waals surface area contributed by atoms with Gasteiger partial charge in [-0.25, -0.2) is 4.39 Å². The van der Waals surface area contributed by atoms with Crippen molar-refractivity contribution >= 4 is 6.29 Å². The molecular formula is C14H8F4O2. The van der Waals surface area contributed by atoms with Crippen LogP contribution in [0.1, 0.15) is 10.4 Å². The highest BCUT2D eigenvalue weighted by Gasteiger charge is 2.31. The van der Waals surface area contributed by atoms with Crippen LogP contribution in [0.2, 0.25) is 0 Å². The van der Waals surface area contributed by atoms with Crippen molar-refractivity contribution in [2.75, 3.05) is 0 Å². The molecule has 0 radical (unpaired) electrons. The minimum Gasteiger partial charge on any atom is -0.406 e. The minimum absolute atomic E-state index is 0.0298. The molecule has 20 heavy (non-hydrogen) atoms. The van der Waals surface area contributed by atoms with Gasteiger partial charge in [0.25, 0.3) is 0 Å². The van der Waals surface area contributed by atoms with E-state index in [1.165, 1.54) is 30.3 Å². The first-order chi connectivity index (χ1) is 9.40. The second kappa shape index (κ2) is 5.32. The van der Waals surface area contributed by atoms with Crippen LogP contribution in [-0.4, -0.2) is 12.6 Å². The normalized spacial score (nSPS) is 11.2. The van der Waals surface area contributed by atoms with E-state index in [1.807, 2.05) is 0 Å². The van der Waals surface area contributed by atoms with Gasteiger partial charge in [0.2, 0.25) is 0 Å². The summed E-state index contributed by atoms with van der Waals surface area (Å²) in [6.45, 7) is 0. The van der Waals surface area contributed by atoms with E-state index in [0.717, 1.165) is 12.1 Å². The van der Waals surface area contributed by atoms with Gasteiger partial charge in [0.15, 0.2) is 6.29 Å². The fourth-order valence-corrected chi connectivity index (χ4v) is 1.72. The van der Waals surface area contributed by atoms with Crippen molar-refractivity contribution in [3.63, 3.8) is 0 Å². The third kappa shape index (κ3) is 3.14. The van der Waals surface area contributed by atoms with Gasteiger partial charge in [-0.1, -0.05) is 24.3 Å². The standard InChI is InChI=1S/C14H8F4O2/c15-13-10(8-19)4-2-6-12(13)9-3-1-5-11(7-9)20-14(16,17)18/h1-8H. The zero-order chi connectivity index (χ0) is 14.8. The smallest absolute Gasteiger partial charge is 0.406 e. The number of halogens is 4. The van der Waals surface area contributed by atoms with Crippen molar-refractivity contribution in [3.05, 3.63) is 53.8 Å². The zero-order valence-electron chi connectivity index (χ0n) is 9.95. The molecule has 2 aromatic rings. The Bertz CT molecular complexity index is 635. The average molecular weight is 284 g/mol. The number of hydrogen-bond acceptors (Lipinski definition) is 2. The van der Waals surface area contributed by atoms with Crippen LogP contribution < -0.4 is 4.74 Å². The van der Waals surface area contributed by atoms with Gasteiger partial charge in [0.05, 0.1) is 5.56 Å². The molecule has 0 saturated carbocycles. The van der Waals surface area contributed by atoms with Crippen molar-refractivity contribution in [2.45, 2.75) is 6.36 Å². The van der Waals surface area contributed by atoms with E-state index in [4.69, 9.17) is 0 Å². The Morgan fingerprint density at radius 2 is 1.75 bits per heavy atom. The first-order valence-electron chi connectivity index (χ1n) is 5.50. The van der Waals surface area contributed by atoms with Crippen LogP contribution in [0.15, 0.2) is 42.5 Å². The maximum Gasteiger partial charge on any atom is 0.573 e. The zero-order valence-corrected chi connectivity index (χ0v) is 9.95. The number of carbonyl (C=O) groups excluding carboxylic acids is 1. The molecule has 6 heteroatoms. The third-order valence-corrected chi connectivity index (χ3v) is 2.53. The van der Waals surface area contributed by atoms with Gasteiger partial charge in [0.1, 0.15) is 11.6 Å². The van der Waals surface area contributed by atoms with Gasteiger partial charge in [-0.2, -0.15) is 0 Å². The Balaban J connectivity index is 2.44. The van der Waals surface area contributed by atoms with Crippen LogP contribution in [0.25, 0.3) is 11.1 Å². The largest absolute Gasteiger partial charge is 0.573 e. The van der Waals surface area contributed by atoms with E-state index in [2.05, 4.69) is 4.74 Å². The summed E-state index contributed by atoms with van der Waals surface area (Å²) in [4.78, 5) is 10.7. The Hall–Kier alpha value is -2.37. The molecule has 0 saturated heterocycles. The number of aldehydes is 1. The van der Waals surface area contributed by atoms with Gasteiger partial charge in [-0.05, 0) is 23.8 Å². The molecule has 0 N–H and O–H groups in total. The van der Waals surface area contributed by atoms with Gasteiger partial charge >= 0.3 is 6.36 Å². The van der Waals surface area contributed by atoms with Crippen LogP contribution in [-0.2, 0) is 0 Å². The molecule has 2 rings (SSSR count). The van der Waals surface area contributed by atoms with E-state index in [9.17, 15) is 22.4 Å². The summed E-state index contributed by atoms with van der Waals surface area (Å²) in [6, 6.07) is 9.00. The first-order valence-corrected chi connectivity index (χ1v) is 5.50. The molecule has 2 nitrogen and oxygen atoms in total. The molecule has 104 valence electrons. The summed E-state index contributed by atoms with van der Waals surface area (Å²) in [5.41, 5.74) is 0.0554. The summed E-state index contributed by atoms with van der Waals surface area (Å²) >= 11 is 0. The lowest BCUT2D eigenvalue weighted by Gasteiger charge is -2.11. The summed E-state index contributed by atoms with van der Waals surface area (Å²) in [7, 11) is 0. The molecule has 0 heterocycles. The lowest BCUT2D eigenvalue weighted by Crippen LogP contribution is -2.17. The molecule has 0 aliphatic carbocycles. The van der Waals surface area contributed by atoms with Crippen LogP contribution in [0.3, 0.4) is 0 Å². The lowest BCUT2D eigenvalue weighted by molar-refractivity contribution is -0.274. The van der Waals surface area contributed by atoms with Crippen LogP contribution in [0.4, 0.5) is 17.6 Å². The van der Waals surface area contributed by atoms with E-state index < -0.39 is 17.9 Å². The molecule has 0 aliphatic rings. The Kier molecular flexibility index (Phi) is 3.74. The van der Waals surface area contributed by atoms with Gasteiger partial charge in [-0.3, -0.25) is 4.79 Å². The number of hydrogen-bond donors (Lipinski definition) is 0. The minimum atomic E-state index is -4.82. The monoisotopic (exact) mass is 284 g/mol. The van der Waals surface area contributed by atoms with Crippen LogP contribution in [0, 0.1) is 5.82 Å². The Labute approximate surface area is 111 Å². The number of rotatable bonds is 3. The van der Waals surface area contributed by atoms with E-state index >= 15 is 0 Å². The van der Waals surface area contributed by atoms with Crippen LogP contribution in [0.5, 0.6) is 5.75 Å². The summed E-state index contributed by atoms with van der Waals surface area (Å²) in [5, 5.41) is 0. The molecule has 0 bridgehead atoms. The second-order valence-electron chi connectivity index (χ2n) is 3.90. The molecule has 0 unspecified atom stereocenters. The van der Waals surface area contributed by atoms with Crippen molar-refractivity contribution in [1.82, 2.24) is 0 Å². The molecule has 0 amide bonds. The molecule has 0 aromatic heterocycles. The first kappa shape index (κ1) is 14.0. The van der Waals surface area contributed by atoms with Gasteiger partial charge in [-0.15, -0.1) is 13.2 Å². The molecule has 0 fully saturated rings. The predicted octanol–water partition coefficient (Wildman–Crippen LogP) is 4.20. The predicted molar refractivity (Wildman–Crippen MR) is 63.9 cm³/mol. The number of benzene rings is 2. The summed E-state index contributed by atoms with van der Waals surface area (Å²) in [5.74, 6) is -1.24. The highest BCUT2D eigenvalue weighted by Crippen LogP contribution is 2.30. The van der Waals surface area contributed by atoms with E-state index in [1.54, 1.807) is 0 Å². The topological polar surface area (TPSA) is 26.3 Å². The molecule has 0 atom stereocenters. The molecule has 0 spiro atoms. The molecule has 2 aromatic carbocycles. The quantitative estimate of drug-likeness (QED) is 0.623. The summed E-state index contributed by atoms with van der Waals surface area (Å²) < 4.78 is 54.1. The van der Waals surface area contributed by atoms with Crippen molar-refractivity contribution in [3.8, 4) is 16.9 Å². The maximum absolute atomic E-state index is 13.9. The lowest BCUT2D eigenvalue weighted by atomic mass is 10.0. The van der Waals surface area contributed by atoms with E-state index in [0.29, 0.717) is 6.29 Å². The molecular weight excluding hydrogens is 276 g/mol. The van der Waals surface area contributed by atoms with Crippen molar-refractivity contribution in [1.29, 1.82) is 0 Å². The summed E-state index contributed by atoms with van der Waals surface area (Å²) in [6.07, 6.45) is -4.48. The Morgan fingerprint density at radius 1 is 1.05 bits per heavy atom. The number of carbonyl (C=O) groups is 1. The van der Waals surface area contributed by atoms with Gasteiger partial charge < -0.3 is 4.74 Å². The Morgan fingerprint density at radius 3 is 2.40 bits per heavy atom. The molecule has 0 aliphatic heterocycles. The number of alkyl halides is 3. The third-order valence-electron chi connectivity index (χ3n) is 2.53. The number of ether oxygens (including phenoxy) is 1. The highest BCUT2D eigenvalue weighted by molar-refractivity contribution is 5.79. The van der Waals surface area contributed by atoms with Crippen molar-refractivity contribution < 1.29 is 27.1 Å². The van der Waals surface area contributed by atoms with Crippen molar-refractivity contribution in [2.24, 2.45) is 0 Å². The highest BCUT2D eigenvalue weighted by atomic mass is 19.4. The van der Waals surface area contributed by atoms with Crippen LogP contribution >= 0.6 is 0 Å². The second-order valence-corrected chi connectivity index (χ2v) is 3.90. The van der Waals surface area contributed by atoms with Gasteiger partial charge in [0, 0.05) is 5.56 Å². The fourth-order valence-electron chi connectivity index (χ4n) is 1.72.